The van der Waals surface area contributed by atoms with Crippen LogP contribution < -0.4 is 5.32 Å². The first kappa shape index (κ1) is 13.0. The van der Waals surface area contributed by atoms with Gasteiger partial charge in [-0.05, 0) is 37.8 Å². The molecule has 1 aromatic heterocycles. The van der Waals surface area contributed by atoms with Crippen LogP contribution in [-0.4, -0.2) is 28.6 Å². The van der Waals surface area contributed by atoms with Crippen LogP contribution in [0.4, 0.5) is 0 Å². The summed E-state index contributed by atoms with van der Waals surface area (Å²) < 4.78 is 0. The van der Waals surface area contributed by atoms with Crippen molar-refractivity contribution in [1.29, 1.82) is 0 Å². The summed E-state index contributed by atoms with van der Waals surface area (Å²) in [6.07, 6.45) is 5.67. The highest BCUT2D eigenvalue weighted by molar-refractivity contribution is 5.93. The summed E-state index contributed by atoms with van der Waals surface area (Å²) in [5.41, 5.74) is 1.43. The van der Waals surface area contributed by atoms with Crippen molar-refractivity contribution < 1.29 is 9.90 Å². The number of aliphatic hydroxyl groups excluding tert-OH is 1. The largest absolute Gasteiger partial charge is 0.391 e. The maximum Gasteiger partial charge on any atom is 0.252 e. The van der Waals surface area contributed by atoms with Crippen molar-refractivity contribution in [3.05, 3.63) is 29.6 Å². The number of nitrogens with one attached hydrogen (secondary N) is 1. The molecule has 1 unspecified atom stereocenters. The molecule has 0 aromatic carbocycles. The lowest BCUT2D eigenvalue weighted by Gasteiger charge is -2.17. The molecule has 1 aliphatic carbocycles. The van der Waals surface area contributed by atoms with Crippen molar-refractivity contribution in [3.8, 4) is 0 Å². The van der Waals surface area contributed by atoms with Gasteiger partial charge in [0.15, 0.2) is 0 Å². The molecule has 1 fully saturated rings. The molecule has 1 heterocycles. The molecule has 0 aliphatic heterocycles. The number of rotatable bonds is 4. The fourth-order valence-corrected chi connectivity index (χ4v) is 2.41. The van der Waals surface area contributed by atoms with Gasteiger partial charge in [0.2, 0.25) is 0 Å². The molecular weight excluding hydrogens is 228 g/mol. The van der Waals surface area contributed by atoms with Gasteiger partial charge in [0.05, 0.1) is 11.7 Å². The van der Waals surface area contributed by atoms with Crippen LogP contribution in [0, 0.1) is 12.8 Å². The van der Waals surface area contributed by atoms with E-state index in [0.717, 1.165) is 18.5 Å². The summed E-state index contributed by atoms with van der Waals surface area (Å²) in [4.78, 5) is 15.9. The summed E-state index contributed by atoms with van der Waals surface area (Å²) in [5.74, 6) is 0.181. The minimum Gasteiger partial charge on any atom is -0.391 e. The van der Waals surface area contributed by atoms with Gasteiger partial charge in [0, 0.05) is 18.4 Å². The van der Waals surface area contributed by atoms with Gasteiger partial charge in [0.1, 0.15) is 0 Å². The topological polar surface area (TPSA) is 62.2 Å². The predicted molar refractivity (Wildman–Crippen MR) is 69.3 cm³/mol. The third kappa shape index (κ3) is 3.29. The average Bonchev–Trinajstić information content (AvgIpc) is 2.90. The predicted octanol–water partition coefficient (Wildman–Crippen LogP) is 1.67. The lowest BCUT2D eigenvalue weighted by Crippen LogP contribution is -2.35. The van der Waals surface area contributed by atoms with Crippen LogP contribution in [0.3, 0.4) is 0 Å². The standard InChI is InChI=1S/C14H20N2O2/c1-10-6-7-12(8-15-10)14(18)16-9-13(17)11-4-2-3-5-11/h6-8,11,13,17H,2-5,9H2,1H3,(H,16,18). The van der Waals surface area contributed by atoms with Gasteiger partial charge in [-0.15, -0.1) is 0 Å². The van der Waals surface area contributed by atoms with Crippen molar-refractivity contribution in [2.24, 2.45) is 5.92 Å². The van der Waals surface area contributed by atoms with Crippen molar-refractivity contribution in [2.75, 3.05) is 6.54 Å². The molecule has 1 aromatic rings. The molecular formula is C14H20N2O2. The molecule has 2 N–H and O–H groups in total. The molecule has 0 spiro atoms. The Morgan fingerprint density at radius 3 is 2.83 bits per heavy atom. The van der Waals surface area contributed by atoms with Gasteiger partial charge in [-0.25, -0.2) is 0 Å². The Labute approximate surface area is 107 Å². The van der Waals surface area contributed by atoms with E-state index in [1.54, 1.807) is 12.3 Å². The fourth-order valence-electron chi connectivity index (χ4n) is 2.41. The minimum atomic E-state index is -0.421. The van der Waals surface area contributed by atoms with E-state index < -0.39 is 6.10 Å². The molecule has 18 heavy (non-hydrogen) atoms. The number of carbonyl (C=O) groups excluding carboxylic acids is 1. The van der Waals surface area contributed by atoms with E-state index in [1.165, 1.54) is 12.8 Å². The maximum atomic E-state index is 11.8. The smallest absolute Gasteiger partial charge is 0.252 e. The number of aryl methyl sites for hydroxylation is 1. The van der Waals surface area contributed by atoms with Crippen LogP contribution in [-0.2, 0) is 0 Å². The normalized spacial score (nSPS) is 17.7. The Bertz CT molecular complexity index is 397. The van der Waals surface area contributed by atoms with E-state index >= 15 is 0 Å². The first-order valence-electron chi connectivity index (χ1n) is 6.56. The van der Waals surface area contributed by atoms with E-state index in [1.807, 2.05) is 13.0 Å². The molecule has 1 amide bonds. The second-order valence-electron chi connectivity index (χ2n) is 5.01. The highest BCUT2D eigenvalue weighted by Crippen LogP contribution is 2.27. The Balaban J connectivity index is 1.82. The van der Waals surface area contributed by atoms with Crippen molar-refractivity contribution >= 4 is 5.91 Å². The lowest BCUT2D eigenvalue weighted by atomic mass is 10.0. The number of nitrogens with zero attached hydrogens (tertiary/aromatic N) is 1. The van der Waals surface area contributed by atoms with E-state index in [9.17, 15) is 9.90 Å². The summed E-state index contributed by atoms with van der Waals surface area (Å²) >= 11 is 0. The number of aliphatic hydroxyl groups is 1. The third-order valence-corrected chi connectivity index (χ3v) is 3.59. The Hall–Kier alpha value is -1.42. The van der Waals surface area contributed by atoms with Gasteiger partial charge in [-0.1, -0.05) is 12.8 Å². The molecule has 1 atom stereocenters. The van der Waals surface area contributed by atoms with Crippen LogP contribution in [0.2, 0.25) is 0 Å². The zero-order chi connectivity index (χ0) is 13.0. The average molecular weight is 248 g/mol. The van der Waals surface area contributed by atoms with Gasteiger partial charge in [-0.2, -0.15) is 0 Å². The summed E-state index contributed by atoms with van der Waals surface area (Å²) in [5, 5.41) is 12.7. The van der Waals surface area contributed by atoms with Crippen LogP contribution >= 0.6 is 0 Å². The zero-order valence-electron chi connectivity index (χ0n) is 10.7. The number of aromatic nitrogens is 1. The number of amides is 1. The SMILES string of the molecule is Cc1ccc(C(=O)NCC(O)C2CCCC2)cn1. The molecule has 2 rings (SSSR count). The fraction of sp³-hybridized carbons (Fsp3) is 0.571. The number of carbonyl (C=O) groups is 1. The zero-order valence-corrected chi connectivity index (χ0v) is 10.7. The first-order valence-corrected chi connectivity index (χ1v) is 6.56. The highest BCUT2D eigenvalue weighted by atomic mass is 16.3. The van der Waals surface area contributed by atoms with Crippen LogP contribution in [0.5, 0.6) is 0 Å². The van der Waals surface area contributed by atoms with E-state index in [2.05, 4.69) is 10.3 Å². The number of pyridine rings is 1. The Morgan fingerprint density at radius 1 is 1.50 bits per heavy atom. The van der Waals surface area contributed by atoms with Gasteiger partial charge < -0.3 is 10.4 Å². The lowest BCUT2D eigenvalue weighted by molar-refractivity contribution is 0.0840. The maximum absolute atomic E-state index is 11.8. The van der Waals surface area contributed by atoms with Gasteiger partial charge >= 0.3 is 0 Å². The molecule has 1 aliphatic rings. The quantitative estimate of drug-likeness (QED) is 0.852. The summed E-state index contributed by atoms with van der Waals surface area (Å²) in [6, 6.07) is 3.56. The van der Waals surface area contributed by atoms with Gasteiger partial charge in [-0.3, -0.25) is 9.78 Å². The van der Waals surface area contributed by atoms with E-state index in [-0.39, 0.29) is 5.91 Å². The third-order valence-electron chi connectivity index (χ3n) is 3.59. The van der Waals surface area contributed by atoms with Crippen molar-refractivity contribution in [3.63, 3.8) is 0 Å². The number of hydrogen-bond acceptors (Lipinski definition) is 3. The first-order chi connectivity index (χ1) is 8.66. The Morgan fingerprint density at radius 2 is 2.22 bits per heavy atom. The molecule has 4 nitrogen and oxygen atoms in total. The second-order valence-corrected chi connectivity index (χ2v) is 5.01. The number of hydrogen-bond donors (Lipinski definition) is 2. The highest BCUT2D eigenvalue weighted by Gasteiger charge is 2.23. The second kappa shape index (κ2) is 5.96. The molecule has 0 saturated heterocycles. The Kier molecular flexibility index (Phi) is 4.31. The van der Waals surface area contributed by atoms with Crippen LogP contribution in [0.1, 0.15) is 41.7 Å². The van der Waals surface area contributed by atoms with Crippen molar-refractivity contribution in [1.82, 2.24) is 10.3 Å². The molecule has 1 saturated carbocycles. The van der Waals surface area contributed by atoms with Crippen LogP contribution in [0.25, 0.3) is 0 Å². The molecule has 4 heteroatoms. The summed E-state index contributed by atoms with van der Waals surface area (Å²) in [7, 11) is 0. The summed E-state index contributed by atoms with van der Waals surface area (Å²) in [6.45, 7) is 2.21. The van der Waals surface area contributed by atoms with Crippen molar-refractivity contribution in [2.45, 2.75) is 38.7 Å². The van der Waals surface area contributed by atoms with Crippen LogP contribution in [0.15, 0.2) is 18.3 Å². The monoisotopic (exact) mass is 248 g/mol. The van der Waals surface area contributed by atoms with Gasteiger partial charge in [0.25, 0.3) is 5.91 Å². The molecule has 98 valence electrons. The van der Waals surface area contributed by atoms with E-state index in [4.69, 9.17) is 0 Å². The van der Waals surface area contributed by atoms with E-state index in [0.29, 0.717) is 18.0 Å². The minimum absolute atomic E-state index is 0.167. The molecule has 0 radical (unpaired) electrons. The molecule has 0 bridgehead atoms.